The van der Waals surface area contributed by atoms with Gasteiger partial charge in [0.15, 0.2) is 5.58 Å². The summed E-state index contributed by atoms with van der Waals surface area (Å²) in [6.45, 7) is 0.697. The van der Waals surface area contributed by atoms with Crippen molar-refractivity contribution < 1.29 is 9.15 Å². The second-order valence-corrected chi connectivity index (χ2v) is 5.53. The Hall–Kier alpha value is -1.20. The summed E-state index contributed by atoms with van der Waals surface area (Å²) in [7, 11) is 1.65. The van der Waals surface area contributed by atoms with Crippen molar-refractivity contribution in [3.05, 3.63) is 24.1 Å². The molecule has 2 heterocycles. The van der Waals surface area contributed by atoms with Crippen molar-refractivity contribution in [2.24, 2.45) is 0 Å². The Bertz CT molecular complexity index is 535. The van der Waals surface area contributed by atoms with E-state index in [0.717, 1.165) is 22.7 Å². The van der Waals surface area contributed by atoms with Gasteiger partial charge >= 0.3 is 0 Å². The van der Waals surface area contributed by atoms with E-state index in [1.165, 1.54) is 17.9 Å². The summed E-state index contributed by atoms with van der Waals surface area (Å²) in [4.78, 5) is 4.47. The Morgan fingerprint density at radius 2 is 2.50 bits per heavy atom. The number of nitrogens with zero attached hydrogens (tertiary/aromatic N) is 1. The topological polar surface area (TPSA) is 47.3 Å². The van der Waals surface area contributed by atoms with Crippen LogP contribution in [-0.4, -0.2) is 29.6 Å². The molecule has 1 saturated heterocycles. The third kappa shape index (κ3) is 2.47. The Morgan fingerprint density at radius 1 is 1.56 bits per heavy atom. The first kappa shape index (κ1) is 11.9. The van der Waals surface area contributed by atoms with E-state index in [9.17, 15) is 0 Å². The van der Waals surface area contributed by atoms with Gasteiger partial charge in [0, 0.05) is 17.9 Å². The number of hydrogen-bond acceptors (Lipinski definition) is 5. The van der Waals surface area contributed by atoms with Gasteiger partial charge in [-0.15, -0.1) is 0 Å². The minimum absolute atomic E-state index is 0.597. The Kier molecular flexibility index (Phi) is 3.43. The molecular weight excluding hydrogens is 248 g/mol. The lowest BCUT2D eigenvalue weighted by Gasteiger charge is -2.07. The van der Waals surface area contributed by atoms with Crippen LogP contribution < -0.4 is 10.1 Å². The normalized spacial score (nSPS) is 19.5. The Balaban J connectivity index is 1.72. The quantitative estimate of drug-likeness (QED) is 0.919. The van der Waals surface area contributed by atoms with Gasteiger partial charge in [-0.1, -0.05) is 0 Å². The molecule has 1 aliphatic heterocycles. The van der Waals surface area contributed by atoms with Crippen LogP contribution >= 0.6 is 11.8 Å². The molecule has 0 bridgehead atoms. The summed E-state index contributed by atoms with van der Waals surface area (Å²) in [5.74, 6) is 3.99. The van der Waals surface area contributed by atoms with E-state index in [4.69, 9.17) is 9.15 Å². The molecule has 5 heteroatoms. The first-order valence-electron chi connectivity index (χ1n) is 6.10. The fraction of sp³-hybridized carbons (Fsp3) is 0.462. The molecule has 18 heavy (non-hydrogen) atoms. The monoisotopic (exact) mass is 264 g/mol. The highest BCUT2D eigenvalue weighted by Gasteiger charge is 2.15. The number of oxazole rings is 1. The average Bonchev–Trinajstić information content (AvgIpc) is 3.04. The predicted octanol–water partition coefficient (Wildman–Crippen LogP) is 2.43. The van der Waals surface area contributed by atoms with E-state index >= 15 is 0 Å². The third-order valence-corrected chi connectivity index (χ3v) is 4.27. The summed E-state index contributed by atoms with van der Waals surface area (Å²) >= 11 is 2.00. The van der Waals surface area contributed by atoms with Crippen molar-refractivity contribution in [1.82, 2.24) is 10.3 Å². The summed E-state index contributed by atoms with van der Waals surface area (Å²) in [5, 5.41) is 3.48. The number of nitrogens with one attached hydrogen (secondary N) is 1. The van der Waals surface area contributed by atoms with Crippen molar-refractivity contribution in [2.45, 2.75) is 19.0 Å². The molecule has 0 spiro atoms. The van der Waals surface area contributed by atoms with Crippen molar-refractivity contribution in [3.8, 4) is 5.75 Å². The molecule has 1 unspecified atom stereocenters. The number of benzene rings is 1. The number of ether oxygens (including phenoxy) is 1. The lowest BCUT2D eigenvalue weighted by Crippen LogP contribution is -2.28. The van der Waals surface area contributed by atoms with Gasteiger partial charge in [0.25, 0.3) is 0 Å². The van der Waals surface area contributed by atoms with Crippen LogP contribution in [0.5, 0.6) is 5.75 Å². The van der Waals surface area contributed by atoms with E-state index in [-0.39, 0.29) is 0 Å². The molecule has 2 aromatic rings. The van der Waals surface area contributed by atoms with E-state index in [2.05, 4.69) is 10.3 Å². The van der Waals surface area contributed by atoms with Crippen molar-refractivity contribution in [1.29, 1.82) is 0 Å². The smallest absolute Gasteiger partial charge is 0.209 e. The highest BCUT2D eigenvalue weighted by molar-refractivity contribution is 7.99. The molecule has 4 nitrogen and oxygen atoms in total. The number of aromatic nitrogens is 1. The van der Waals surface area contributed by atoms with Crippen LogP contribution in [0.3, 0.4) is 0 Å². The molecule has 96 valence electrons. The van der Waals surface area contributed by atoms with Crippen molar-refractivity contribution in [2.75, 3.05) is 18.6 Å². The van der Waals surface area contributed by atoms with Crippen molar-refractivity contribution >= 4 is 22.9 Å². The second-order valence-electron chi connectivity index (χ2n) is 4.38. The Labute approximate surface area is 110 Å². The van der Waals surface area contributed by atoms with Gasteiger partial charge in [-0.3, -0.25) is 0 Å². The van der Waals surface area contributed by atoms with Gasteiger partial charge in [0.2, 0.25) is 5.89 Å². The minimum atomic E-state index is 0.597. The van der Waals surface area contributed by atoms with Gasteiger partial charge in [0.05, 0.1) is 13.7 Å². The lowest BCUT2D eigenvalue weighted by molar-refractivity contribution is 0.415. The van der Waals surface area contributed by atoms with Gasteiger partial charge in [-0.05, 0) is 24.3 Å². The fourth-order valence-electron chi connectivity index (χ4n) is 2.08. The average molecular weight is 264 g/mol. The first-order valence-corrected chi connectivity index (χ1v) is 7.25. The van der Waals surface area contributed by atoms with Gasteiger partial charge < -0.3 is 14.5 Å². The maximum atomic E-state index is 5.69. The summed E-state index contributed by atoms with van der Waals surface area (Å²) in [6, 6.07) is 6.28. The number of hydrogen-bond donors (Lipinski definition) is 1. The van der Waals surface area contributed by atoms with Crippen LogP contribution in [0.2, 0.25) is 0 Å². The molecule has 1 aromatic carbocycles. The second kappa shape index (κ2) is 5.20. The number of thioether (sulfide) groups is 1. The van der Waals surface area contributed by atoms with Crippen LogP contribution in [-0.2, 0) is 6.54 Å². The highest BCUT2D eigenvalue weighted by Crippen LogP contribution is 2.22. The number of rotatable bonds is 4. The predicted molar refractivity (Wildman–Crippen MR) is 73.1 cm³/mol. The lowest BCUT2D eigenvalue weighted by atomic mass is 10.3. The van der Waals surface area contributed by atoms with E-state index < -0.39 is 0 Å². The molecule has 1 aliphatic rings. The molecule has 1 atom stereocenters. The molecule has 1 fully saturated rings. The maximum Gasteiger partial charge on any atom is 0.209 e. The zero-order valence-corrected chi connectivity index (χ0v) is 11.1. The highest BCUT2D eigenvalue weighted by atomic mass is 32.2. The van der Waals surface area contributed by atoms with Crippen LogP contribution in [0, 0.1) is 0 Å². The Morgan fingerprint density at radius 3 is 3.28 bits per heavy atom. The molecule has 1 N–H and O–H groups in total. The summed E-state index contributed by atoms with van der Waals surface area (Å²) in [5.41, 5.74) is 1.67. The molecule has 0 radical (unpaired) electrons. The van der Waals surface area contributed by atoms with Crippen molar-refractivity contribution in [3.63, 3.8) is 0 Å². The van der Waals surface area contributed by atoms with Crippen LogP contribution in [0.1, 0.15) is 12.3 Å². The van der Waals surface area contributed by atoms with E-state index in [1.54, 1.807) is 7.11 Å². The van der Waals surface area contributed by atoms with Gasteiger partial charge in [-0.25, -0.2) is 4.98 Å². The summed E-state index contributed by atoms with van der Waals surface area (Å²) < 4.78 is 10.9. The first-order chi connectivity index (χ1) is 8.85. The molecule has 0 amide bonds. The number of fused-ring (bicyclic) bond motifs is 1. The van der Waals surface area contributed by atoms with Crippen LogP contribution in [0.4, 0.5) is 0 Å². The standard InChI is InChI=1S/C13H16N2O2S/c1-16-10-2-3-12-11(6-10)15-13(17-12)7-14-9-4-5-18-8-9/h2-3,6,9,14H,4-5,7-8H2,1H3. The van der Waals surface area contributed by atoms with Crippen LogP contribution in [0.15, 0.2) is 22.6 Å². The zero-order chi connectivity index (χ0) is 12.4. The molecule has 3 rings (SSSR count). The molecule has 0 saturated carbocycles. The zero-order valence-electron chi connectivity index (χ0n) is 10.3. The van der Waals surface area contributed by atoms with Crippen LogP contribution in [0.25, 0.3) is 11.1 Å². The number of methoxy groups -OCH3 is 1. The maximum absolute atomic E-state index is 5.69. The molecule has 0 aliphatic carbocycles. The molecular formula is C13H16N2O2S. The summed E-state index contributed by atoms with van der Waals surface area (Å²) in [6.07, 6.45) is 1.23. The van der Waals surface area contributed by atoms with E-state index in [0.29, 0.717) is 12.6 Å². The SMILES string of the molecule is COc1ccc2oc(CNC3CCSC3)nc2c1. The minimum Gasteiger partial charge on any atom is -0.497 e. The van der Waals surface area contributed by atoms with E-state index in [1.807, 2.05) is 30.0 Å². The molecule has 1 aromatic heterocycles. The fourth-order valence-corrected chi connectivity index (χ4v) is 3.27. The third-order valence-electron chi connectivity index (χ3n) is 3.11. The largest absolute Gasteiger partial charge is 0.497 e. The van der Waals surface area contributed by atoms with Gasteiger partial charge in [-0.2, -0.15) is 11.8 Å². The van der Waals surface area contributed by atoms with Gasteiger partial charge in [0.1, 0.15) is 11.3 Å².